The van der Waals surface area contributed by atoms with Crippen LogP contribution in [-0.2, 0) is 4.79 Å². The van der Waals surface area contributed by atoms with Crippen molar-refractivity contribution in [2.75, 3.05) is 12.9 Å². The average Bonchev–Trinajstić information content (AvgIpc) is 2.29. The second-order valence-corrected chi connectivity index (χ2v) is 5.61. The maximum absolute atomic E-state index is 11.6. The van der Waals surface area contributed by atoms with Crippen LogP contribution in [0, 0.1) is 0 Å². The van der Waals surface area contributed by atoms with E-state index in [1.807, 2.05) is 11.8 Å². The predicted molar refractivity (Wildman–Crippen MR) is 68.6 cm³/mol. The first-order valence-corrected chi connectivity index (χ1v) is 7.48. The molecule has 0 aromatic carbocycles. The Morgan fingerprint density at radius 1 is 1.44 bits per heavy atom. The van der Waals surface area contributed by atoms with Crippen LogP contribution in [0.5, 0.6) is 0 Å². The number of carbonyl (C=O) groups is 1. The van der Waals surface area contributed by atoms with Gasteiger partial charge in [0, 0.05) is 24.3 Å². The zero-order chi connectivity index (χ0) is 11.8. The number of amides is 1. The molecule has 2 unspecified atom stereocenters. The zero-order valence-electron chi connectivity index (χ0n) is 10.1. The molecule has 0 saturated heterocycles. The van der Waals surface area contributed by atoms with Crippen LogP contribution in [0.25, 0.3) is 0 Å². The van der Waals surface area contributed by atoms with Crippen molar-refractivity contribution in [2.24, 2.45) is 0 Å². The molecule has 2 N–H and O–H groups in total. The maximum atomic E-state index is 11.6. The van der Waals surface area contributed by atoms with Crippen molar-refractivity contribution in [2.45, 2.75) is 56.2 Å². The fourth-order valence-corrected chi connectivity index (χ4v) is 3.01. The molecule has 0 aromatic heterocycles. The Labute approximate surface area is 102 Å². The Morgan fingerprint density at radius 3 is 2.94 bits per heavy atom. The third-order valence-electron chi connectivity index (χ3n) is 3.14. The molecule has 2 atom stereocenters. The average molecular weight is 245 g/mol. The summed E-state index contributed by atoms with van der Waals surface area (Å²) in [6.45, 7) is 0.186. The third kappa shape index (κ3) is 5.21. The molecule has 16 heavy (non-hydrogen) atoms. The van der Waals surface area contributed by atoms with Gasteiger partial charge in [-0.1, -0.05) is 6.42 Å². The van der Waals surface area contributed by atoms with E-state index in [9.17, 15) is 4.79 Å². The molecule has 1 fully saturated rings. The summed E-state index contributed by atoms with van der Waals surface area (Å²) < 4.78 is 0. The lowest BCUT2D eigenvalue weighted by molar-refractivity contribution is -0.122. The molecule has 0 spiro atoms. The van der Waals surface area contributed by atoms with Gasteiger partial charge >= 0.3 is 0 Å². The van der Waals surface area contributed by atoms with Crippen LogP contribution in [0.1, 0.15) is 44.9 Å². The monoisotopic (exact) mass is 245 g/mol. The highest BCUT2D eigenvalue weighted by molar-refractivity contribution is 7.99. The normalized spacial score (nSPS) is 25.4. The molecule has 1 aliphatic rings. The molecule has 1 amide bonds. The van der Waals surface area contributed by atoms with Gasteiger partial charge in [-0.25, -0.2) is 0 Å². The molecule has 94 valence electrons. The molecule has 0 bridgehead atoms. The first kappa shape index (κ1) is 13.8. The minimum absolute atomic E-state index is 0.153. The Hall–Kier alpha value is -0.220. The zero-order valence-corrected chi connectivity index (χ0v) is 10.9. The van der Waals surface area contributed by atoms with Crippen molar-refractivity contribution < 1.29 is 9.90 Å². The van der Waals surface area contributed by atoms with Crippen molar-refractivity contribution >= 4 is 17.7 Å². The number of rotatable bonds is 6. The topological polar surface area (TPSA) is 49.3 Å². The maximum Gasteiger partial charge on any atom is 0.220 e. The number of unbranched alkanes of at least 4 members (excludes halogenated alkanes) is 1. The summed E-state index contributed by atoms with van der Waals surface area (Å²) in [6.07, 6.45) is 8.99. The summed E-state index contributed by atoms with van der Waals surface area (Å²) in [5.41, 5.74) is 0. The predicted octanol–water partition coefficient (Wildman–Crippen LogP) is 1.94. The number of carbonyl (C=O) groups excluding carboxylic acids is 1. The van der Waals surface area contributed by atoms with Crippen LogP contribution in [0.2, 0.25) is 0 Å². The fourth-order valence-electron chi connectivity index (χ4n) is 2.19. The number of nitrogens with one attached hydrogen (secondary N) is 1. The highest BCUT2D eigenvalue weighted by Crippen LogP contribution is 2.26. The van der Waals surface area contributed by atoms with Crippen LogP contribution in [0.4, 0.5) is 0 Å². The number of hydrogen-bond acceptors (Lipinski definition) is 3. The molecule has 1 aliphatic carbocycles. The lowest BCUT2D eigenvalue weighted by atomic mass is 9.95. The van der Waals surface area contributed by atoms with Crippen LogP contribution in [0.15, 0.2) is 0 Å². The van der Waals surface area contributed by atoms with Crippen LogP contribution < -0.4 is 5.32 Å². The smallest absolute Gasteiger partial charge is 0.220 e. The number of aliphatic hydroxyl groups is 1. The summed E-state index contributed by atoms with van der Waals surface area (Å²) >= 11 is 1.91. The van der Waals surface area contributed by atoms with Crippen LogP contribution >= 0.6 is 11.8 Å². The minimum Gasteiger partial charge on any atom is -0.396 e. The van der Waals surface area contributed by atoms with Gasteiger partial charge in [0.05, 0.1) is 0 Å². The lowest BCUT2D eigenvalue weighted by Crippen LogP contribution is -2.39. The van der Waals surface area contributed by atoms with Gasteiger partial charge < -0.3 is 10.4 Å². The van der Waals surface area contributed by atoms with Gasteiger partial charge in [-0.15, -0.1) is 0 Å². The summed E-state index contributed by atoms with van der Waals surface area (Å²) in [7, 11) is 0. The van der Waals surface area contributed by atoms with E-state index in [0.717, 1.165) is 30.9 Å². The SMILES string of the molecule is CSC1CCCC(NC(=O)CCCCO)C1. The molecule has 0 radical (unpaired) electrons. The van der Waals surface area contributed by atoms with Crippen LogP contribution in [-0.4, -0.2) is 35.2 Å². The van der Waals surface area contributed by atoms with Gasteiger partial charge in [0.1, 0.15) is 0 Å². The van der Waals surface area contributed by atoms with Crippen molar-refractivity contribution in [1.82, 2.24) is 5.32 Å². The Bertz CT molecular complexity index is 211. The summed E-state index contributed by atoms with van der Waals surface area (Å²) in [5, 5.41) is 12.5. The fraction of sp³-hybridized carbons (Fsp3) is 0.917. The van der Waals surface area contributed by atoms with E-state index >= 15 is 0 Å². The van der Waals surface area contributed by atoms with E-state index in [1.54, 1.807) is 0 Å². The quantitative estimate of drug-likeness (QED) is 0.703. The molecule has 0 aliphatic heterocycles. The second-order valence-electron chi connectivity index (χ2n) is 4.47. The highest BCUT2D eigenvalue weighted by atomic mass is 32.2. The largest absolute Gasteiger partial charge is 0.396 e. The molecule has 0 heterocycles. The van der Waals surface area contributed by atoms with Crippen molar-refractivity contribution in [3.05, 3.63) is 0 Å². The Kier molecular flexibility index (Phi) is 6.88. The molecular formula is C12H23NO2S. The van der Waals surface area contributed by atoms with Crippen molar-refractivity contribution in [1.29, 1.82) is 0 Å². The van der Waals surface area contributed by atoms with Gasteiger partial charge in [-0.3, -0.25) is 4.79 Å². The van der Waals surface area contributed by atoms with Gasteiger partial charge in [-0.2, -0.15) is 11.8 Å². The third-order valence-corrected chi connectivity index (χ3v) is 4.23. The Morgan fingerprint density at radius 2 is 2.25 bits per heavy atom. The van der Waals surface area contributed by atoms with Crippen LogP contribution in [0.3, 0.4) is 0 Å². The molecule has 4 heteroatoms. The molecule has 1 saturated carbocycles. The van der Waals surface area contributed by atoms with E-state index in [4.69, 9.17) is 5.11 Å². The molecule has 1 rings (SSSR count). The summed E-state index contributed by atoms with van der Waals surface area (Å²) in [6, 6.07) is 0.382. The van der Waals surface area contributed by atoms with E-state index in [-0.39, 0.29) is 12.5 Å². The van der Waals surface area contributed by atoms with E-state index in [1.165, 1.54) is 12.8 Å². The summed E-state index contributed by atoms with van der Waals surface area (Å²) in [5.74, 6) is 0.153. The van der Waals surface area contributed by atoms with E-state index in [0.29, 0.717) is 12.5 Å². The van der Waals surface area contributed by atoms with Gasteiger partial charge in [-0.05, 0) is 38.4 Å². The van der Waals surface area contributed by atoms with Gasteiger partial charge in [0.25, 0.3) is 0 Å². The van der Waals surface area contributed by atoms with Gasteiger partial charge in [0.15, 0.2) is 0 Å². The first-order chi connectivity index (χ1) is 7.76. The lowest BCUT2D eigenvalue weighted by Gasteiger charge is -2.28. The highest BCUT2D eigenvalue weighted by Gasteiger charge is 2.22. The number of aliphatic hydroxyl groups excluding tert-OH is 1. The minimum atomic E-state index is 0.153. The van der Waals surface area contributed by atoms with E-state index in [2.05, 4.69) is 11.6 Å². The molecule has 3 nitrogen and oxygen atoms in total. The second kappa shape index (κ2) is 7.96. The molecule has 0 aromatic rings. The summed E-state index contributed by atoms with van der Waals surface area (Å²) in [4.78, 5) is 11.6. The molecular weight excluding hydrogens is 222 g/mol. The number of hydrogen-bond donors (Lipinski definition) is 2. The first-order valence-electron chi connectivity index (χ1n) is 6.19. The Balaban J connectivity index is 2.17. The standard InChI is InChI=1S/C12H23NO2S/c1-16-11-6-4-5-10(9-11)13-12(15)7-2-3-8-14/h10-11,14H,2-9H2,1H3,(H,13,15). The van der Waals surface area contributed by atoms with E-state index < -0.39 is 0 Å². The van der Waals surface area contributed by atoms with Gasteiger partial charge in [0.2, 0.25) is 5.91 Å². The number of thioether (sulfide) groups is 1. The van der Waals surface area contributed by atoms with Crippen molar-refractivity contribution in [3.8, 4) is 0 Å². The van der Waals surface area contributed by atoms with Crippen molar-refractivity contribution in [3.63, 3.8) is 0 Å².